The summed E-state index contributed by atoms with van der Waals surface area (Å²) in [4.78, 5) is 16.1. The molecule has 5 nitrogen and oxygen atoms in total. The highest BCUT2D eigenvalue weighted by Gasteiger charge is 2.09. The average Bonchev–Trinajstić information content (AvgIpc) is 2.48. The molecule has 0 spiro atoms. The van der Waals surface area contributed by atoms with Crippen LogP contribution in [0.25, 0.3) is 0 Å². The standard InChI is InChI=1S/C15H12ClN3O2/c1-2-21-14-7-10(5-6-18-14)15(20)19-12-4-3-11(9-17)13(16)8-12/h3-8H,2H2,1H3,(H,19,20). The molecule has 1 aromatic carbocycles. The molecule has 1 N–H and O–H groups in total. The summed E-state index contributed by atoms with van der Waals surface area (Å²) in [7, 11) is 0. The van der Waals surface area contributed by atoms with Gasteiger partial charge in [-0.3, -0.25) is 4.79 Å². The fourth-order valence-electron chi connectivity index (χ4n) is 1.66. The molecule has 0 saturated heterocycles. The number of carbonyl (C=O) groups excluding carboxylic acids is 1. The Morgan fingerprint density at radius 2 is 2.24 bits per heavy atom. The van der Waals surface area contributed by atoms with Gasteiger partial charge in [0.25, 0.3) is 5.91 Å². The van der Waals surface area contributed by atoms with Crippen molar-refractivity contribution in [3.05, 3.63) is 52.7 Å². The van der Waals surface area contributed by atoms with Crippen LogP contribution in [0.1, 0.15) is 22.8 Å². The number of nitriles is 1. The van der Waals surface area contributed by atoms with Crippen LogP contribution in [0.2, 0.25) is 5.02 Å². The Balaban J connectivity index is 2.16. The van der Waals surface area contributed by atoms with E-state index in [2.05, 4.69) is 10.3 Å². The first-order valence-corrected chi connectivity index (χ1v) is 6.61. The monoisotopic (exact) mass is 301 g/mol. The predicted octanol–water partition coefficient (Wildman–Crippen LogP) is 3.26. The van der Waals surface area contributed by atoms with Crippen molar-refractivity contribution in [3.8, 4) is 11.9 Å². The third-order valence-electron chi connectivity index (χ3n) is 2.64. The second kappa shape index (κ2) is 6.73. The van der Waals surface area contributed by atoms with E-state index in [0.29, 0.717) is 34.3 Å². The summed E-state index contributed by atoms with van der Waals surface area (Å²) in [6.07, 6.45) is 1.51. The van der Waals surface area contributed by atoms with E-state index in [1.165, 1.54) is 12.3 Å². The predicted molar refractivity (Wildman–Crippen MR) is 79.5 cm³/mol. The topological polar surface area (TPSA) is 75.0 Å². The molecule has 1 aromatic heterocycles. The van der Waals surface area contributed by atoms with Gasteiger partial charge in [0.2, 0.25) is 5.88 Å². The van der Waals surface area contributed by atoms with Gasteiger partial charge in [0.1, 0.15) is 6.07 Å². The molecule has 0 bridgehead atoms. The van der Waals surface area contributed by atoms with E-state index >= 15 is 0 Å². The number of nitrogens with one attached hydrogen (secondary N) is 1. The van der Waals surface area contributed by atoms with Crippen LogP contribution >= 0.6 is 11.6 Å². The molecule has 2 aromatic rings. The summed E-state index contributed by atoms with van der Waals surface area (Å²) >= 11 is 5.92. The number of nitrogens with zero attached hydrogens (tertiary/aromatic N) is 2. The summed E-state index contributed by atoms with van der Waals surface area (Å²) in [5.41, 5.74) is 1.30. The van der Waals surface area contributed by atoms with Gasteiger partial charge in [0, 0.05) is 23.5 Å². The maximum atomic E-state index is 12.1. The first kappa shape index (κ1) is 14.8. The lowest BCUT2D eigenvalue weighted by atomic mass is 10.2. The first-order chi connectivity index (χ1) is 10.1. The minimum atomic E-state index is -0.306. The molecule has 0 aliphatic carbocycles. The van der Waals surface area contributed by atoms with Gasteiger partial charge in [-0.05, 0) is 31.2 Å². The van der Waals surface area contributed by atoms with Crippen molar-refractivity contribution in [1.82, 2.24) is 4.98 Å². The smallest absolute Gasteiger partial charge is 0.255 e. The molecule has 0 atom stereocenters. The van der Waals surface area contributed by atoms with E-state index in [1.807, 2.05) is 13.0 Å². The molecule has 0 unspecified atom stereocenters. The molecule has 6 heteroatoms. The Bertz CT molecular complexity index is 710. The van der Waals surface area contributed by atoms with Crippen molar-refractivity contribution >= 4 is 23.2 Å². The molecule has 2 rings (SSSR count). The fourth-order valence-corrected chi connectivity index (χ4v) is 1.89. The number of halogens is 1. The van der Waals surface area contributed by atoms with Crippen LogP contribution in [-0.2, 0) is 0 Å². The fraction of sp³-hybridized carbons (Fsp3) is 0.133. The van der Waals surface area contributed by atoms with Gasteiger partial charge in [-0.25, -0.2) is 4.98 Å². The van der Waals surface area contributed by atoms with Crippen LogP contribution in [-0.4, -0.2) is 17.5 Å². The zero-order chi connectivity index (χ0) is 15.2. The molecule has 0 radical (unpaired) electrons. The van der Waals surface area contributed by atoms with Crippen molar-refractivity contribution in [2.24, 2.45) is 0 Å². The summed E-state index contributed by atoms with van der Waals surface area (Å²) < 4.78 is 5.25. The molecule has 21 heavy (non-hydrogen) atoms. The second-order valence-corrected chi connectivity index (χ2v) is 4.48. The van der Waals surface area contributed by atoms with Crippen molar-refractivity contribution in [2.75, 3.05) is 11.9 Å². The highest BCUT2D eigenvalue weighted by molar-refractivity contribution is 6.32. The number of hydrogen-bond acceptors (Lipinski definition) is 4. The normalized spacial score (nSPS) is 9.76. The molecular weight excluding hydrogens is 290 g/mol. The highest BCUT2D eigenvalue weighted by Crippen LogP contribution is 2.21. The Kier molecular flexibility index (Phi) is 4.75. The second-order valence-electron chi connectivity index (χ2n) is 4.08. The van der Waals surface area contributed by atoms with Crippen molar-refractivity contribution in [3.63, 3.8) is 0 Å². The number of carbonyl (C=O) groups is 1. The van der Waals surface area contributed by atoms with Gasteiger partial charge in [0.05, 0.1) is 17.2 Å². The Morgan fingerprint density at radius 3 is 2.90 bits per heavy atom. The summed E-state index contributed by atoms with van der Waals surface area (Å²) in [6.45, 7) is 2.32. The first-order valence-electron chi connectivity index (χ1n) is 6.24. The third kappa shape index (κ3) is 3.71. The number of rotatable bonds is 4. The van der Waals surface area contributed by atoms with Crippen LogP contribution in [0.3, 0.4) is 0 Å². The van der Waals surface area contributed by atoms with E-state index in [1.54, 1.807) is 24.3 Å². The quantitative estimate of drug-likeness (QED) is 0.940. The number of amides is 1. The van der Waals surface area contributed by atoms with Crippen LogP contribution in [0, 0.1) is 11.3 Å². The van der Waals surface area contributed by atoms with E-state index in [0.717, 1.165) is 0 Å². The lowest BCUT2D eigenvalue weighted by Gasteiger charge is -2.07. The molecule has 106 valence electrons. The summed E-state index contributed by atoms with van der Waals surface area (Å²) in [5.74, 6) is 0.0853. The molecule has 0 fully saturated rings. The van der Waals surface area contributed by atoms with Gasteiger partial charge >= 0.3 is 0 Å². The number of aromatic nitrogens is 1. The van der Waals surface area contributed by atoms with Gasteiger partial charge in [-0.15, -0.1) is 0 Å². The van der Waals surface area contributed by atoms with Crippen molar-refractivity contribution in [2.45, 2.75) is 6.92 Å². The van der Waals surface area contributed by atoms with E-state index in [4.69, 9.17) is 21.6 Å². The van der Waals surface area contributed by atoms with E-state index in [-0.39, 0.29) is 5.91 Å². The molecule has 0 aliphatic rings. The maximum absolute atomic E-state index is 12.1. The number of ether oxygens (including phenoxy) is 1. The molecule has 1 heterocycles. The highest BCUT2D eigenvalue weighted by atomic mass is 35.5. The van der Waals surface area contributed by atoms with E-state index < -0.39 is 0 Å². The minimum Gasteiger partial charge on any atom is -0.478 e. The van der Waals surface area contributed by atoms with Gasteiger partial charge in [-0.2, -0.15) is 5.26 Å². The van der Waals surface area contributed by atoms with Gasteiger partial charge in [-0.1, -0.05) is 11.6 Å². The van der Waals surface area contributed by atoms with Gasteiger partial charge in [0.15, 0.2) is 0 Å². The number of pyridine rings is 1. The average molecular weight is 302 g/mol. The number of benzene rings is 1. The van der Waals surface area contributed by atoms with Gasteiger partial charge < -0.3 is 10.1 Å². The number of hydrogen-bond donors (Lipinski definition) is 1. The van der Waals surface area contributed by atoms with Crippen molar-refractivity contribution in [1.29, 1.82) is 5.26 Å². The summed E-state index contributed by atoms with van der Waals surface area (Å²) in [6, 6.07) is 9.81. The SMILES string of the molecule is CCOc1cc(C(=O)Nc2ccc(C#N)c(Cl)c2)ccn1. The van der Waals surface area contributed by atoms with Crippen LogP contribution in [0.5, 0.6) is 5.88 Å². The van der Waals surface area contributed by atoms with Crippen LogP contribution < -0.4 is 10.1 Å². The van der Waals surface area contributed by atoms with Crippen LogP contribution in [0.15, 0.2) is 36.5 Å². The van der Waals surface area contributed by atoms with Crippen LogP contribution in [0.4, 0.5) is 5.69 Å². The molecule has 0 saturated carbocycles. The largest absolute Gasteiger partial charge is 0.478 e. The Hall–Kier alpha value is -2.58. The van der Waals surface area contributed by atoms with Crippen molar-refractivity contribution < 1.29 is 9.53 Å². The zero-order valence-electron chi connectivity index (χ0n) is 11.3. The minimum absolute atomic E-state index is 0.292. The summed E-state index contributed by atoms with van der Waals surface area (Å²) in [5, 5.41) is 11.8. The lowest BCUT2D eigenvalue weighted by molar-refractivity contribution is 0.102. The molecule has 0 aliphatic heterocycles. The Labute approximate surface area is 127 Å². The number of anilines is 1. The Morgan fingerprint density at radius 1 is 1.43 bits per heavy atom. The molecule has 1 amide bonds. The maximum Gasteiger partial charge on any atom is 0.255 e. The molecular formula is C15H12ClN3O2. The lowest BCUT2D eigenvalue weighted by Crippen LogP contribution is -2.12. The van der Waals surface area contributed by atoms with E-state index in [9.17, 15) is 4.79 Å². The zero-order valence-corrected chi connectivity index (χ0v) is 12.0. The third-order valence-corrected chi connectivity index (χ3v) is 2.95.